The van der Waals surface area contributed by atoms with Crippen LogP contribution in [0.4, 0.5) is 0 Å². The van der Waals surface area contributed by atoms with E-state index in [1.807, 2.05) is 0 Å². The van der Waals surface area contributed by atoms with Gasteiger partial charge in [-0.15, -0.1) is 0 Å². The first kappa shape index (κ1) is 26.4. The lowest BCUT2D eigenvalue weighted by atomic mass is 10.1. The number of aliphatic imine (C=N–C) groups is 1. The van der Waals surface area contributed by atoms with Crippen LogP contribution in [-0.2, 0) is 19.2 Å². The van der Waals surface area contributed by atoms with E-state index in [1.165, 1.54) is 6.92 Å². The van der Waals surface area contributed by atoms with Crippen molar-refractivity contribution in [2.45, 2.75) is 43.9 Å². The highest BCUT2D eigenvalue weighted by molar-refractivity contribution is 7.80. The minimum atomic E-state index is -1.54. The normalized spacial score (nSPS) is 14.6. The van der Waals surface area contributed by atoms with E-state index in [1.54, 1.807) is 0 Å². The van der Waals surface area contributed by atoms with Crippen molar-refractivity contribution >= 4 is 42.3 Å². The molecule has 14 heteroatoms. The molecule has 0 aliphatic heterocycles. The maximum absolute atomic E-state index is 12.4. The summed E-state index contributed by atoms with van der Waals surface area (Å²) < 4.78 is 0. The molecular weight excluding hydrogens is 406 g/mol. The number of carboxylic acids is 1. The van der Waals surface area contributed by atoms with Crippen LogP contribution in [0.3, 0.4) is 0 Å². The summed E-state index contributed by atoms with van der Waals surface area (Å²) in [5, 5.41) is 24.9. The number of aliphatic hydroxyl groups excluding tert-OH is 1. The standard InChI is InChI=1S/C15H29N7O6S/c1-7(20-12(25)8(16)6-29)11(24)21-9(3-2-4-19-15(17)18)13(26)22-10(5-23)14(27)28/h7-10,23,29H,2-6,16H2,1H3,(H,20,25)(H,21,24)(H,22,26)(H,27,28)(H4,17,18,19). The average Bonchev–Trinajstić information content (AvgIpc) is 2.66. The van der Waals surface area contributed by atoms with Crippen LogP contribution in [0.5, 0.6) is 0 Å². The molecule has 0 aromatic rings. The number of amides is 3. The highest BCUT2D eigenvalue weighted by Gasteiger charge is 2.28. The van der Waals surface area contributed by atoms with Crippen molar-refractivity contribution in [3.8, 4) is 0 Å². The number of nitrogens with two attached hydrogens (primary N) is 3. The first-order valence-electron chi connectivity index (χ1n) is 8.70. The third-order valence-electron chi connectivity index (χ3n) is 3.66. The average molecular weight is 436 g/mol. The zero-order valence-electron chi connectivity index (χ0n) is 16.0. The number of carbonyl (C=O) groups excluding carboxylic acids is 3. The predicted molar refractivity (Wildman–Crippen MR) is 108 cm³/mol. The number of guanidine groups is 1. The Morgan fingerprint density at radius 3 is 2.10 bits per heavy atom. The van der Waals surface area contributed by atoms with Crippen molar-refractivity contribution in [3.63, 3.8) is 0 Å². The van der Waals surface area contributed by atoms with E-state index in [-0.39, 0.29) is 24.7 Å². The fraction of sp³-hybridized carbons (Fsp3) is 0.667. The number of rotatable bonds is 13. The fourth-order valence-electron chi connectivity index (χ4n) is 2.00. The van der Waals surface area contributed by atoms with Gasteiger partial charge in [0.2, 0.25) is 17.7 Å². The van der Waals surface area contributed by atoms with Gasteiger partial charge in [0.05, 0.1) is 12.6 Å². The van der Waals surface area contributed by atoms with Gasteiger partial charge in [0.15, 0.2) is 5.96 Å². The Bertz CT molecular complexity index is 614. The third kappa shape index (κ3) is 10.5. The number of carboxylic acid groups (broad SMARTS) is 1. The Morgan fingerprint density at radius 1 is 1.03 bits per heavy atom. The molecular formula is C15H29N7O6S. The summed E-state index contributed by atoms with van der Waals surface area (Å²) in [5.41, 5.74) is 16.0. The smallest absolute Gasteiger partial charge is 0.328 e. The molecule has 0 saturated carbocycles. The Balaban J connectivity index is 5.09. The minimum Gasteiger partial charge on any atom is -0.480 e. The molecule has 166 valence electrons. The molecule has 0 fully saturated rings. The quantitative estimate of drug-likeness (QED) is 0.0590. The van der Waals surface area contributed by atoms with Crippen LogP contribution in [-0.4, -0.2) is 82.9 Å². The second-order valence-corrected chi connectivity index (χ2v) is 6.48. The second-order valence-electron chi connectivity index (χ2n) is 6.11. The molecule has 0 aromatic carbocycles. The lowest BCUT2D eigenvalue weighted by molar-refractivity contribution is -0.143. The number of carbonyl (C=O) groups is 4. The van der Waals surface area contributed by atoms with Crippen molar-refractivity contribution < 1.29 is 29.4 Å². The molecule has 4 atom stereocenters. The topological polar surface area (TPSA) is 235 Å². The van der Waals surface area contributed by atoms with Gasteiger partial charge in [0.1, 0.15) is 18.1 Å². The van der Waals surface area contributed by atoms with Gasteiger partial charge in [0, 0.05) is 12.3 Å². The zero-order chi connectivity index (χ0) is 22.6. The monoisotopic (exact) mass is 435 g/mol. The van der Waals surface area contributed by atoms with Gasteiger partial charge < -0.3 is 43.4 Å². The van der Waals surface area contributed by atoms with Gasteiger partial charge in [-0.1, -0.05) is 0 Å². The Labute approximate surface area is 173 Å². The van der Waals surface area contributed by atoms with Crippen molar-refractivity contribution in [1.82, 2.24) is 16.0 Å². The summed E-state index contributed by atoms with van der Waals surface area (Å²) in [6.45, 7) is 0.734. The van der Waals surface area contributed by atoms with E-state index in [4.69, 9.17) is 27.4 Å². The molecule has 13 nitrogen and oxygen atoms in total. The van der Waals surface area contributed by atoms with Crippen LogP contribution in [0.1, 0.15) is 19.8 Å². The second kappa shape index (κ2) is 13.6. The largest absolute Gasteiger partial charge is 0.480 e. The van der Waals surface area contributed by atoms with Crippen molar-refractivity contribution in [1.29, 1.82) is 0 Å². The van der Waals surface area contributed by atoms with E-state index in [2.05, 4.69) is 33.6 Å². The molecule has 0 saturated heterocycles. The highest BCUT2D eigenvalue weighted by Crippen LogP contribution is 2.01. The maximum Gasteiger partial charge on any atom is 0.328 e. The van der Waals surface area contributed by atoms with Crippen LogP contribution in [0.15, 0.2) is 4.99 Å². The van der Waals surface area contributed by atoms with Crippen molar-refractivity contribution in [2.24, 2.45) is 22.2 Å². The molecule has 0 radical (unpaired) electrons. The van der Waals surface area contributed by atoms with Gasteiger partial charge in [-0.25, -0.2) is 4.79 Å². The van der Waals surface area contributed by atoms with Gasteiger partial charge in [-0.3, -0.25) is 19.4 Å². The van der Waals surface area contributed by atoms with E-state index < -0.39 is 54.5 Å². The van der Waals surface area contributed by atoms with E-state index in [0.717, 1.165) is 0 Å². The molecule has 0 heterocycles. The van der Waals surface area contributed by atoms with Crippen LogP contribution in [0, 0.1) is 0 Å². The Kier molecular flexibility index (Phi) is 12.4. The summed E-state index contributed by atoms with van der Waals surface area (Å²) in [7, 11) is 0. The van der Waals surface area contributed by atoms with Crippen molar-refractivity contribution in [2.75, 3.05) is 18.9 Å². The van der Waals surface area contributed by atoms with Crippen molar-refractivity contribution in [3.05, 3.63) is 0 Å². The van der Waals surface area contributed by atoms with Crippen LogP contribution < -0.4 is 33.2 Å². The minimum absolute atomic E-state index is 0.0724. The summed E-state index contributed by atoms with van der Waals surface area (Å²) in [6, 6.07) is -4.61. The van der Waals surface area contributed by atoms with Crippen LogP contribution >= 0.6 is 12.6 Å². The summed E-state index contributed by atoms with van der Waals surface area (Å²) in [5.74, 6) is -3.61. The molecule has 3 amide bonds. The summed E-state index contributed by atoms with van der Waals surface area (Å²) >= 11 is 3.89. The fourth-order valence-corrected chi connectivity index (χ4v) is 2.16. The summed E-state index contributed by atoms with van der Waals surface area (Å²) in [6.07, 6.45) is 0.362. The van der Waals surface area contributed by atoms with Gasteiger partial charge in [-0.05, 0) is 19.8 Å². The van der Waals surface area contributed by atoms with E-state index >= 15 is 0 Å². The number of aliphatic carboxylic acids is 1. The number of nitrogens with zero attached hydrogens (tertiary/aromatic N) is 1. The molecule has 11 N–H and O–H groups in total. The maximum atomic E-state index is 12.4. The molecule has 0 spiro atoms. The molecule has 0 rings (SSSR count). The van der Waals surface area contributed by atoms with Crippen LogP contribution in [0.2, 0.25) is 0 Å². The van der Waals surface area contributed by atoms with E-state index in [9.17, 15) is 19.2 Å². The van der Waals surface area contributed by atoms with Crippen LogP contribution in [0.25, 0.3) is 0 Å². The molecule has 0 bridgehead atoms. The molecule has 29 heavy (non-hydrogen) atoms. The summed E-state index contributed by atoms with van der Waals surface area (Å²) in [4.78, 5) is 51.2. The number of nitrogens with one attached hydrogen (secondary N) is 3. The van der Waals surface area contributed by atoms with Gasteiger partial charge in [-0.2, -0.15) is 12.6 Å². The molecule has 4 unspecified atom stereocenters. The Hall–Kier alpha value is -2.58. The predicted octanol–water partition coefficient (Wildman–Crippen LogP) is -4.15. The van der Waals surface area contributed by atoms with Gasteiger partial charge in [0.25, 0.3) is 0 Å². The number of hydrogen-bond donors (Lipinski definition) is 9. The Morgan fingerprint density at radius 2 is 1.62 bits per heavy atom. The third-order valence-corrected chi connectivity index (χ3v) is 4.05. The first-order chi connectivity index (χ1) is 13.5. The SMILES string of the molecule is CC(NC(=O)C(N)CS)C(=O)NC(CCCN=C(N)N)C(=O)NC(CO)C(=O)O. The molecule has 0 aromatic heterocycles. The first-order valence-corrected chi connectivity index (χ1v) is 9.33. The number of aliphatic hydroxyl groups is 1. The zero-order valence-corrected chi connectivity index (χ0v) is 16.9. The number of hydrogen-bond acceptors (Lipinski definition) is 8. The number of thiol groups is 1. The highest BCUT2D eigenvalue weighted by atomic mass is 32.1. The molecule has 0 aliphatic carbocycles. The lowest BCUT2D eigenvalue weighted by Crippen LogP contribution is -2.56. The molecule has 0 aliphatic rings. The van der Waals surface area contributed by atoms with Gasteiger partial charge >= 0.3 is 5.97 Å². The lowest BCUT2D eigenvalue weighted by Gasteiger charge is -2.23. The van der Waals surface area contributed by atoms with E-state index in [0.29, 0.717) is 6.42 Å².